The van der Waals surface area contributed by atoms with Crippen molar-refractivity contribution >= 4 is 28.3 Å². The van der Waals surface area contributed by atoms with Gasteiger partial charge in [-0.2, -0.15) is 0 Å². The number of anilines is 1. The fraction of sp³-hybridized carbons (Fsp3) is 0.333. The summed E-state index contributed by atoms with van der Waals surface area (Å²) in [4.78, 5) is 2.07. The number of halogens is 1. The zero-order valence-corrected chi connectivity index (χ0v) is 9.41. The van der Waals surface area contributed by atoms with E-state index in [-0.39, 0.29) is 0 Å². The van der Waals surface area contributed by atoms with Crippen molar-refractivity contribution in [3.8, 4) is 0 Å². The molecule has 0 aliphatic heterocycles. The van der Waals surface area contributed by atoms with Gasteiger partial charge in [0, 0.05) is 17.7 Å². The Morgan fingerprint density at radius 3 is 2.67 bits per heavy atom. The number of ether oxygens (including phenoxy) is 1. The van der Waals surface area contributed by atoms with Crippen molar-refractivity contribution < 1.29 is 4.74 Å². The first-order valence-electron chi connectivity index (χ1n) is 3.70. The monoisotopic (exact) mass is 277 g/mol. The molecule has 1 rings (SSSR count). The molecule has 1 aromatic rings. The molecule has 12 heavy (non-hydrogen) atoms. The Morgan fingerprint density at radius 2 is 2.08 bits per heavy atom. The lowest BCUT2D eigenvalue weighted by molar-refractivity contribution is 0.202. The van der Waals surface area contributed by atoms with Gasteiger partial charge in [-0.05, 0) is 34.7 Å². The van der Waals surface area contributed by atoms with E-state index >= 15 is 0 Å². The molecule has 66 valence electrons. The van der Waals surface area contributed by atoms with Gasteiger partial charge in [0.1, 0.15) is 6.73 Å². The van der Waals surface area contributed by atoms with E-state index in [9.17, 15) is 0 Å². The smallest absolute Gasteiger partial charge is 0.118 e. The van der Waals surface area contributed by atoms with Crippen LogP contribution in [0.1, 0.15) is 0 Å². The normalized spacial score (nSPS) is 9.92. The molecular formula is C9H12INO. The number of benzene rings is 1. The molecule has 0 bridgehead atoms. The van der Waals surface area contributed by atoms with Crippen LogP contribution in [-0.4, -0.2) is 20.9 Å². The fourth-order valence-electron chi connectivity index (χ4n) is 1.02. The van der Waals surface area contributed by atoms with Gasteiger partial charge in [0.2, 0.25) is 0 Å². The SMILES string of the molecule is COCN(C)c1ccccc1I. The van der Waals surface area contributed by atoms with Crippen molar-refractivity contribution in [3.05, 3.63) is 27.8 Å². The standard InChI is InChI=1S/C9H12INO/c1-11(7-12-2)9-6-4-3-5-8(9)10/h3-6H,7H2,1-2H3. The topological polar surface area (TPSA) is 12.5 Å². The van der Waals surface area contributed by atoms with Crippen LogP contribution in [0, 0.1) is 3.57 Å². The lowest BCUT2D eigenvalue weighted by Crippen LogP contribution is -2.20. The highest BCUT2D eigenvalue weighted by Crippen LogP contribution is 2.20. The van der Waals surface area contributed by atoms with E-state index in [1.54, 1.807) is 7.11 Å². The molecule has 2 nitrogen and oxygen atoms in total. The van der Waals surface area contributed by atoms with Gasteiger partial charge < -0.3 is 9.64 Å². The zero-order chi connectivity index (χ0) is 8.97. The molecule has 0 aliphatic rings. The number of hydrogen-bond acceptors (Lipinski definition) is 2. The van der Waals surface area contributed by atoms with Gasteiger partial charge in [-0.25, -0.2) is 0 Å². The third-order valence-electron chi connectivity index (χ3n) is 1.59. The largest absolute Gasteiger partial charge is 0.364 e. The molecule has 0 heterocycles. The van der Waals surface area contributed by atoms with Crippen LogP contribution in [0.5, 0.6) is 0 Å². The molecule has 3 heteroatoms. The summed E-state index contributed by atoms with van der Waals surface area (Å²) in [6.45, 7) is 0.625. The Morgan fingerprint density at radius 1 is 1.42 bits per heavy atom. The van der Waals surface area contributed by atoms with E-state index in [0.29, 0.717) is 6.73 Å². The van der Waals surface area contributed by atoms with Crippen LogP contribution < -0.4 is 4.90 Å². The van der Waals surface area contributed by atoms with Crippen LogP contribution in [0.15, 0.2) is 24.3 Å². The Hall–Kier alpha value is -0.290. The first kappa shape index (κ1) is 9.80. The minimum absolute atomic E-state index is 0.625. The minimum Gasteiger partial charge on any atom is -0.364 e. The van der Waals surface area contributed by atoms with E-state index in [4.69, 9.17) is 4.74 Å². The molecule has 0 spiro atoms. The summed E-state index contributed by atoms with van der Waals surface area (Å²) in [5.41, 5.74) is 1.21. The maximum Gasteiger partial charge on any atom is 0.118 e. The van der Waals surface area contributed by atoms with E-state index in [0.717, 1.165) is 0 Å². The van der Waals surface area contributed by atoms with Crippen LogP contribution >= 0.6 is 22.6 Å². The van der Waals surface area contributed by atoms with Crippen molar-refractivity contribution in [1.82, 2.24) is 0 Å². The minimum atomic E-state index is 0.625. The molecule has 0 saturated carbocycles. The predicted octanol–water partition coefficient (Wildman–Crippen LogP) is 2.33. The van der Waals surface area contributed by atoms with Crippen LogP contribution in [0.3, 0.4) is 0 Å². The fourth-order valence-corrected chi connectivity index (χ4v) is 1.82. The lowest BCUT2D eigenvalue weighted by atomic mass is 10.3. The highest BCUT2D eigenvalue weighted by Gasteiger charge is 2.02. The molecule has 0 unspecified atom stereocenters. The third-order valence-corrected chi connectivity index (χ3v) is 2.50. The van der Waals surface area contributed by atoms with Crippen LogP contribution in [0.2, 0.25) is 0 Å². The lowest BCUT2D eigenvalue weighted by Gasteiger charge is -2.19. The molecular weight excluding hydrogens is 265 g/mol. The summed E-state index contributed by atoms with van der Waals surface area (Å²) >= 11 is 2.32. The van der Waals surface area contributed by atoms with Crippen molar-refractivity contribution in [2.24, 2.45) is 0 Å². The summed E-state index contributed by atoms with van der Waals surface area (Å²) in [5, 5.41) is 0. The van der Waals surface area contributed by atoms with E-state index in [1.807, 2.05) is 19.2 Å². The average molecular weight is 277 g/mol. The molecule has 1 aromatic carbocycles. The van der Waals surface area contributed by atoms with Gasteiger partial charge in [-0.1, -0.05) is 12.1 Å². The maximum absolute atomic E-state index is 5.04. The van der Waals surface area contributed by atoms with Crippen molar-refractivity contribution in [2.45, 2.75) is 0 Å². The molecule has 0 atom stereocenters. The first-order valence-corrected chi connectivity index (χ1v) is 4.78. The second-order valence-corrected chi connectivity index (χ2v) is 3.73. The Bertz CT molecular complexity index is 252. The summed E-state index contributed by atoms with van der Waals surface area (Å²) in [6, 6.07) is 8.23. The second-order valence-electron chi connectivity index (χ2n) is 2.57. The van der Waals surface area contributed by atoms with Crippen LogP contribution in [0.4, 0.5) is 5.69 Å². The van der Waals surface area contributed by atoms with Gasteiger partial charge in [-0.15, -0.1) is 0 Å². The van der Waals surface area contributed by atoms with Gasteiger partial charge in [-0.3, -0.25) is 0 Å². The summed E-state index contributed by atoms with van der Waals surface area (Å²) in [7, 11) is 3.72. The van der Waals surface area contributed by atoms with E-state index in [2.05, 4.69) is 39.6 Å². The van der Waals surface area contributed by atoms with E-state index in [1.165, 1.54) is 9.26 Å². The van der Waals surface area contributed by atoms with Crippen LogP contribution in [0.25, 0.3) is 0 Å². The molecule has 0 aromatic heterocycles. The number of methoxy groups -OCH3 is 1. The number of hydrogen-bond donors (Lipinski definition) is 0. The molecule has 0 amide bonds. The summed E-state index contributed by atoms with van der Waals surface area (Å²) in [6.07, 6.45) is 0. The van der Waals surface area contributed by atoms with Crippen molar-refractivity contribution in [3.63, 3.8) is 0 Å². The zero-order valence-electron chi connectivity index (χ0n) is 7.25. The van der Waals surface area contributed by atoms with Gasteiger partial charge in [0.05, 0.1) is 5.69 Å². The summed E-state index contributed by atoms with van der Waals surface area (Å²) in [5.74, 6) is 0. The quantitative estimate of drug-likeness (QED) is 0.621. The maximum atomic E-state index is 5.04. The molecule has 0 N–H and O–H groups in total. The van der Waals surface area contributed by atoms with Crippen molar-refractivity contribution in [1.29, 1.82) is 0 Å². The predicted molar refractivity (Wildman–Crippen MR) is 59.4 cm³/mol. The first-order chi connectivity index (χ1) is 5.75. The van der Waals surface area contributed by atoms with Crippen molar-refractivity contribution in [2.75, 3.05) is 25.8 Å². The van der Waals surface area contributed by atoms with Gasteiger partial charge in [0.25, 0.3) is 0 Å². The molecule has 0 saturated heterocycles. The van der Waals surface area contributed by atoms with Crippen LogP contribution in [-0.2, 0) is 4.74 Å². The van der Waals surface area contributed by atoms with Gasteiger partial charge >= 0.3 is 0 Å². The Labute approximate surface area is 86.7 Å². The van der Waals surface area contributed by atoms with E-state index < -0.39 is 0 Å². The van der Waals surface area contributed by atoms with Gasteiger partial charge in [0.15, 0.2) is 0 Å². The second kappa shape index (κ2) is 4.67. The average Bonchev–Trinajstić information content (AvgIpc) is 2.05. The number of nitrogens with zero attached hydrogens (tertiary/aromatic N) is 1. The third kappa shape index (κ3) is 2.35. The number of rotatable bonds is 3. The molecule has 0 fully saturated rings. The highest BCUT2D eigenvalue weighted by molar-refractivity contribution is 14.1. The molecule has 0 aliphatic carbocycles. The Balaban J connectivity index is 2.79. The number of para-hydroxylation sites is 1. The highest BCUT2D eigenvalue weighted by atomic mass is 127. The summed E-state index contributed by atoms with van der Waals surface area (Å²) < 4.78 is 6.28. The Kier molecular flexibility index (Phi) is 3.81. The molecule has 0 radical (unpaired) electrons.